The minimum absolute atomic E-state index is 0.236. The van der Waals surface area contributed by atoms with Gasteiger partial charge in [-0.3, -0.25) is 14.1 Å². The molecule has 1 aromatic rings. The Bertz CT molecular complexity index is 954. The molecule has 1 unspecified atom stereocenters. The Morgan fingerprint density at radius 3 is 2.39 bits per heavy atom. The van der Waals surface area contributed by atoms with Crippen molar-refractivity contribution < 1.29 is 45.6 Å². The smallest absolute Gasteiger partial charge is 0.372 e. The molecule has 3 rings (SSSR count). The quantitative estimate of drug-likeness (QED) is 0.158. The first-order valence-corrected chi connectivity index (χ1v) is 12.8. The molecule has 1 atom stereocenters. The molecule has 172 valence electrons. The second-order valence-corrected chi connectivity index (χ2v) is 11.3. The van der Waals surface area contributed by atoms with E-state index in [2.05, 4.69) is 0 Å². The third kappa shape index (κ3) is 5.72. The molecule has 1 heterocycles. The van der Waals surface area contributed by atoms with Gasteiger partial charge in [-0.25, -0.2) is 0 Å². The summed E-state index contributed by atoms with van der Waals surface area (Å²) in [7, 11) is -5.54. The van der Waals surface area contributed by atoms with E-state index in [1.165, 1.54) is 0 Å². The summed E-state index contributed by atoms with van der Waals surface area (Å²) in [6.07, 6.45) is -0.540. The predicted molar refractivity (Wildman–Crippen MR) is 120 cm³/mol. The number of alkyl halides is 2. The Morgan fingerprint density at radius 1 is 1.29 bits per heavy atom. The predicted octanol–water partition coefficient (Wildman–Crippen LogP) is 3.79. The highest BCUT2D eigenvalue weighted by Gasteiger charge is 2.52. The number of rotatable bonds is 6. The molecular formula is C18H18F2I2O8S. The highest BCUT2D eigenvalue weighted by Crippen LogP contribution is 2.43. The van der Waals surface area contributed by atoms with Crippen LogP contribution in [0.15, 0.2) is 12.1 Å². The van der Waals surface area contributed by atoms with E-state index < -0.39 is 45.6 Å². The lowest BCUT2D eigenvalue weighted by Crippen LogP contribution is -2.39. The van der Waals surface area contributed by atoms with Crippen LogP contribution in [0.4, 0.5) is 8.78 Å². The lowest BCUT2D eigenvalue weighted by Gasteiger charge is -2.35. The number of carbonyl (C=O) groups excluding carboxylic acids is 2. The van der Waals surface area contributed by atoms with Crippen LogP contribution in [0.2, 0.25) is 0 Å². The number of ether oxygens (including phenoxy) is 3. The maximum absolute atomic E-state index is 13.6. The van der Waals surface area contributed by atoms with Gasteiger partial charge in [0.1, 0.15) is 6.29 Å². The monoisotopic (exact) mass is 686 g/mol. The van der Waals surface area contributed by atoms with Gasteiger partial charge < -0.3 is 14.2 Å². The van der Waals surface area contributed by atoms with E-state index in [4.69, 9.17) is 18.8 Å². The van der Waals surface area contributed by atoms with Gasteiger partial charge >= 0.3 is 21.3 Å². The second-order valence-electron chi connectivity index (χ2n) is 7.40. The van der Waals surface area contributed by atoms with Gasteiger partial charge in [-0.05, 0) is 70.2 Å². The molecule has 2 aliphatic rings. The average molecular weight is 686 g/mol. The van der Waals surface area contributed by atoms with Crippen molar-refractivity contribution in [3.05, 3.63) is 24.8 Å². The van der Waals surface area contributed by atoms with E-state index in [1.54, 1.807) is 12.1 Å². The topological polar surface area (TPSA) is 116 Å². The number of carbonyl (C=O) groups is 2. The first-order valence-electron chi connectivity index (χ1n) is 9.18. The number of aldehydes is 1. The largest absolute Gasteiger partial charge is 0.424 e. The summed E-state index contributed by atoms with van der Waals surface area (Å²) in [5.41, 5.74) is 0.470. The Kier molecular flexibility index (Phi) is 7.62. The fraction of sp³-hybridized carbons (Fsp3) is 0.556. The van der Waals surface area contributed by atoms with E-state index in [1.807, 2.05) is 45.2 Å². The van der Waals surface area contributed by atoms with Crippen LogP contribution in [-0.4, -0.2) is 49.0 Å². The molecule has 31 heavy (non-hydrogen) atoms. The Hall–Kier alpha value is -0.490. The molecule has 1 aliphatic heterocycles. The van der Waals surface area contributed by atoms with E-state index >= 15 is 0 Å². The van der Waals surface area contributed by atoms with Gasteiger partial charge in [0.05, 0.1) is 32.2 Å². The highest BCUT2D eigenvalue weighted by molar-refractivity contribution is 14.1. The molecule has 0 aromatic heterocycles. The Morgan fingerprint density at radius 2 is 1.87 bits per heavy atom. The van der Waals surface area contributed by atoms with Crippen LogP contribution >= 0.6 is 45.2 Å². The summed E-state index contributed by atoms with van der Waals surface area (Å²) < 4.78 is 75.3. The third-order valence-electron chi connectivity index (χ3n) is 5.20. The van der Waals surface area contributed by atoms with Crippen LogP contribution in [0.5, 0.6) is 5.75 Å². The molecule has 13 heteroatoms. The van der Waals surface area contributed by atoms with E-state index in [9.17, 15) is 26.8 Å². The van der Waals surface area contributed by atoms with E-state index in [-0.39, 0.29) is 19.4 Å². The lowest BCUT2D eigenvalue weighted by atomic mass is 9.85. The Labute approximate surface area is 204 Å². The van der Waals surface area contributed by atoms with E-state index in [0.717, 1.165) is 0 Å². The van der Waals surface area contributed by atoms with Gasteiger partial charge in [-0.2, -0.15) is 17.2 Å². The van der Waals surface area contributed by atoms with Crippen molar-refractivity contribution in [3.63, 3.8) is 0 Å². The van der Waals surface area contributed by atoms with Crippen LogP contribution in [-0.2, 0) is 24.4 Å². The van der Waals surface area contributed by atoms with Crippen molar-refractivity contribution in [2.45, 2.75) is 49.2 Å². The van der Waals surface area contributed by atoms with Crippen molar-refractivity contribution in [1.29, 1.82) is 0 Å². The number of hydrogen-bond donors (Lipinski definition) is 1. The lowest BCUT2D eigenvalue weighted by molar-refractivity contribution is -0.197. The molecule has 8 nitrogen and oxygen atoms in total. The highest BCUT2D eigenvalue weighted by atomic mass is 127. The molecule has 1 saturated heterocycles. The van der Waals surface area contributed by atoms with Gasteiger partial charge in [0.25, 0.3) is 0 Å². The zero-order valence-corrected chi connectivity index (χ0v) is 21.0. The zero-order valence-electron chi connectivity index (χ0n) is 15.9. The average Bonchev–Trinajstić information content (AvgIpc) is 3.05. The van der Waals surface area contributed by atoms with Gasteiger partial charge in [-0.1, -0.05) is 0 Å². The summed E-state index contributed by atoms with van der Waals surface area (Å²) in [6, 6.07) is 3.22. The van der Waals surface area contributed by atoms with Crippen LogP contribution < -0.4 is 4.74 Å². The molecular weight excluding hydrogens is 668 g/mol. The number of halogens is 4. The first-order chi connectivity index (χ1) is 14.4. The maximum atomic E-state index is 13.6. The molecule has 0 bridgehead atoms. The molecule has 1 spiro atoms. The summed E-state index contributed by atoms with van der Waals surface area (Å²) in [4.78, 5) is 23.6. The third-order valence-corrected chi connectivity index (χ3v) is 7.72. The van der Waals surface area contributed by atoms with Gasteiger partial charge in [0, 0.05) is 18.4 Å². The van der Waals surface area contributed by atoms with Gasteiger partial charge in [-0.15, -0.1) is 0 Å². The fourth-order valence-electron chi connectivity index (χ4n) is 3.57. The number of esters is 1. The molecule has 1 saturated carbocycles. The summed E-state index contributed by atoms with van der Waals surface area (Å²) in [5.74, 6) is -1.69. The minimum atomic E-state index is -5.54. The van der Waals surface area contributed by atoms with Crippen LogP contribution in [0.3, 0.4) is 0 Å². The van der Waals surface area contributed by atoms with Crippen LogP contribution in [0.1, 0.15) is 42.5 Å². The molecule has 0 radical (unpaired) electrons. The standard InChI is InChI=1S/C18H18F2I2O8S/c19-18(20,31(25,26)27)7-12-9-28-17(30-12)3-1-11(2-4-17)16(24)29-15-13(21)5-10(8-23)6-14(15)22/h5-6,8,11-12H,1-4,7,9H2,(H,25,26,27). The zero-order chi connectivity index (χ0) is 23.0. The summed E-state index contributed by atoms with van der Waals surface area (Å²) in [6.45, 7) is -0.236. The van der Waals surface area contributed by atoms with Crippen molar-refractivity contribution in [2.75, 3.05) is 6.61 Å². The van der Waals surface area contributed by atoms with Gasteiger partial charge in [0.15, 0.2) is 11.5 Å². The SMILES string of the molecule is O=Cc1cc(I)c(OC(=O)C2CCC3(CC2)OCC(CC(F)(F)S(=O)(=O)O)O3)c(I)c1. The van der Waals surface area contributed by atoms with Crippen molar-refractivity contribution >= 4 is 67.6 Å². The van der Waals surface area contributed by atoms with Crippen LogP contribution in [0, 0.1) is 13.1 Å². The number of benzene rings is 1. The fourth-order valence-corrected chi connectivity index (χ4v) is 6.01. The molecule has 1 aliphatic carbocycles. The molecule has 2 fully saturated rings. The molecule has 1 aromatic carbocycles. The van der Waals surface area contributed by atoms with Crippen molar-refractivity contribution in [1.82, 2.24) is 0 Å². The summed E-state index contributed by atoms with van der Waals surface area (Å²) >= 11 is 3.96. The van der Waals surface area contributed by atoms with Gasteiger partial charge in [0.2, 0.25) is 0 Å². The Balaban J connectivity index is 1.58. The second kappa shape index (κ2) is 9.40. The molecule has 1 N–H and O–H groups in total. The minimum Gasteiger partial charge on any atom is -0.424 e. The van der Waals surface area contributed by atoms with Crippen molar-refractivity contribution in [3.8, 4) is 5.75 Å². The first kappa shape index (κ1) is 25.1. The molecule has 0 amide bonds. The normalized spacial score (nSPS) is 26.7. The number of hydrogen-bond acceptors (Lipinski definition) is 7. The van der Waals surface area contributed by atoms with Crippen molar-refractivity contribution in [2.24, 2.45) is 5.92 Å². The van der Waals surface area contributed by atoms with Crippen LogP contribution in [0.25, 0.3) is 0 Å². The summed E-state index contributed by atoms with van der Waals surface area (Å²) in [5, 5.41) is -4.33. The maximum Gasteiger partial charge on any atom is 0.372 e. The van der Waals surface area contributed by atoms with E-state index in [0.29, 0.717) is 37.6 Å².